The van der Waals surface area contributed by atoms with Crippen LogP contribution in [0.1, 0.15) is 19.8 Å². The maximum Gasteiger partial charge on any atom is 0.328 e. The van der Waals surface area contributed by atoms with Crippen molar-refractivity contribution >= 4 is 5.97 Å². The second kappa shape index (κ2) is 2.22. The molecule has 2 aliphatic rings. The molecule has 0 amide bonds. The number of aliphatic carboxylic acids is 1. The first-order valence-corrected chi connectivity index (χ1v) is 4.24. The van der Waals surface area contributed by atoms with Gasteiger partial charge in [-0.25, -0.2) is 4.79 Å². The number of hydrogen-bond acceptors (Lipinski definition) is 1. The quantitative estimate of drug-likeness (QED) is 0.475. The van der Waals surface area contributed by atoms with Gasteiger partial charge in [-0.05, 0) is 18.8 Å². The topological polar surface area (TPSA) is 37.3 Å². The standard InChI is InChI=1S/C10H12O2/c1-10-4-2-3-7(10)5-8(10)6-9(11)12/h2,4,6-7H,3,5H2,1H3,(H,11,12)/t7-,10+/m1/s1. The average Bonchev–Trinajstić information content (AvgIpc) is 2.26. The summed E-state index contributed by atoms with van der Waals surface area (Å²) in [5.41, 5.74) is 1.16. The Balaban J connectivity index is 2.24. The first-order valence-electron chi connectivity index (χ1n) is 4.24. The van der Waals surface area contributed by atoms with Gasteiger partial charge in [0.1, 0.15) is 0 Å². The Labute approximate surface area is 71.6 Å². The van der Waals surface area contributed by atoms with E-state index in [0.717, 1.165) is 18.4 Å². The van der Waals surface area contributed by atoms with E-state index in [2.05, 4.69) is 19.1 Å². The second-order valence-electron chi connectivity index (χ2n) is 3.83. The Hall–Kier alpha value is -1.05. The summed E-state index contributed by atoms with van der Waals surface area (Å²) in [6, 6.07) is 0. The zero-order chi connectivity index (χ0) is 8.77. The van der Waals surface area contributed by atoms with E-state index in [1.165, 1.54) is 6.08 Å². The summed E-state index contributed by atoms with van der Waals surface area (Å²) < 4.78 is 0. The first-order chi connectivity index (χ1) is 5.63. The van der Waals surface area contributed by atoms with E-state index in [-0.39, 0.29) is 5.41 Å². The van der Waals surface area contributed by atoms with E-state index in [9.17, 15) is 4.79 Å². The van der Waals surface area contributed by atoms with Gasteiger partial charge in [-0.3, -0.25) is 0 Å². The molecular formula is C10H12O2. The van der Waals surface area contributed by atoms with Gasteiger partial charge in [0.15, 0.2) is 0 Å². The smallest absolute Gasteiger partial charge is 0.328 e. The minimum atomic E-state index is -0.815. The highest BCUT2D eigenvalue weighted by atomic mass is 16.4. The molecule has 0 saturated heterocycles. The number of carbonyl (C=O) groups is 1. The van der Waals surface area contributed by atoms with E-state index in [0.29, 0.717) is 5.92 Å². The minimum absolute atomic E-state index is 0.0817. The lowest BCUT2D eigenvalue weighted by Crippen LogP contribution is -2.35. The predicted molar refractivity (Wildman–Crippen MR) is 45.7 cm³/mol. The summed E-state index contributed by atoms with van der Waals surface area (Å²) in [7, 11) is 0. The molecule has 0 aromatic rings. The van der Waals surface area contributed by atoms with Crippen molar-refractivity contribution in [3.63, 3.8) is 0 Å². The summed E-state index contributed by atoms with van der Waals surface area (Å²) >= 11 is 0. The van der Waals surface area contributed by atoms with Gasteiger partial charge in [-0.15, -0.1) is 0 Å². The molecule has 0 radical (unpaired) electrons. The summed E-state index contributed by atoms with van der Waals surface area (Å²) in [6.45, 7) is 2.12. The molecule has 2 atom stereocenters. The number of hydrogen-bond donors (Lipinski definition) is 1. The number of carboxylic acid groups (broad SMARTS) is 1. The fourth-order valence-corrected chi connectivity index (χ4v) is 2.24. The number of allylic oxidation sites excluding steroid dienone is 3. The third-order valence-corrected chi connectivity index (χ3v) is 3.19. The number of fused-ring (bicyclic) bond motifs is 1. The van der Waals surface area contributed by atoms with Gasteiger partial charge in [0.25, 0.3) is 0 Å². The maximum atomic E-state index is 10.4. The molecule has 12 heavy (non-hydrogen) atoms. The van der Waals surface area contributed by atoms with E-state index < -0.39 is 5.97 Å². The largest absolute Gasteiger partial charge is 0.478 e. The van der Waals surface area contributed by atoms with Gasteiger partial charge in [0.2, 0.25) is 0 Å². The summed E-state index contributed by atoms with van der Waals surface area (Å²) in [5.74, 6) is -0.145. The molecular weight excluding hydrogens is 152 g/mol. The fraction of sp³-hybridized carbons (Fsp3) is 0.500. The molecule has 2 heteroatoms. The van der Waals surface area contributed by atoms with Crippen molar-refractivity contribution in [1.29, 1.82) is 0 Å². The Morgan fingerprint density at radius 1 is 1.83 bits per heavy atom. The Morgan fingerprint density at radius 2 is 2.58 bits per heavy atom. The molecule has 1 N–H and O–H groups in total. The second-order valence-corrected chi connectivity index (χ2v) is 3.83. The Kier molecular flexibility index (Phi) is 1.40. The third kappa shape index (κ3) is 0.840. The molecule has 0 aromatic carbocycles. The van der Waals surface area contributed by atoms with Crippen LogP contribution in [0.4, 0.5) is 0 Å². The van der Waals surface area contributed by atoms with Crippen molar-refractivity contribution < 1.29 is 9.90 Å². The number of carboxylic acids is 1. The van der Waals surface area contributed by atoms with Crippen LogP contribution in [0.25, 0.3) is 0 Å². The van der Waals surface area contributed by atoms with Crippen molar-refractivity contribution in [2.75, 3.05) is 0 Å². The SMILES string of the molecule is C[C@]12C=CC[C@@H]1CC2=CC(=O)O. The fourth-order valence-electron chi connectivity index (χ4n) is 2.24. The van der Waals surface area contributed by atoms with E-state index in [1.807, 2.05) is 0 Å². The van der Waals surface area contributed by atoms with Gasteiger partial charge in [0, 0.05) is 11.5 Å². The van der Waals surface area contributed by atoms with E-state index >= 15 is 0 Å². The summed E-state index contributed by atoms with van der Waals surface area (Å²) in [5, 5.41) is 8.58. The van der Waals surface area contributed by atoms with Gasteiger partial charge < -0.3 is 5.11 Å². The molecule has 0 aliphatic heterocycles. The highest BCUT2D eigenvalue weighted by Crippen LogP contribution is 2.57. The first kappa shape index (κ1) is 7.59. The van der Waals surface area contributed by atoms with Crippen molar-refractivity contribution in [3.8, 4) is 0 Å². The van der Waals surface area contributed by atoms with Gasteiger partial charge in [0.05, 0.1) is 0 Å². The van der Waals surface area contributed by atoms with E-state index in [4.69, 9.17) is 5.11 Å². The number of rotatable bonds is 1. The van der Waals surface area contributed by atoms with Crippen molar-refractivity contribution in [3.05, 3.63) is 23.8 Å². The van der Waals surface area contributed by atoms with Crippen LogP contribution < -0.4 is 0 Å². The van der Waals surface area contributed by atoms with Gasteiger partial charge in [-0.1, -0.05) is 24.6 Å². The minimum Gasteiger partial charge on any atom is -0.478 e. The highest BCUT2D eigenvalue weighted by Gasteiger charge is 2.47. The van der Waals surface area contributed by atoms with Gasteiger partial charge >= 0.3 is 5.97 Å². The molecule has 1 fully saturated rings. The zero-order valence-corrected chi connectivity index (χ0v) is 7.08. The molecule has 2 aliphatic carbocycles. The predicted octanol–water partition coefficient (Wildman–Crippen LogP) is 1.98. The molecule has 2 rings (SSSR count). The Bertz CT molecular complexity index is 288. The lowest BCUT2D eigenvalue weighted by Gasteiger charge is -2.44. The van der Waals surface area contributed by atoms with Crippen LogP contribution in [-0.2, 0) is 4.79 Å². The lowest BCUT2D eigenvalue weighted by molar-refractivity contribution is -0.131. The molecule has 1 saturated carbocycles. The van der Waals surface area contributed by atoms with Crippen LogP contribution in [0, 0.1) is 11.3 Å². The van der Waals surface area contributed by atoms with Crippen LogP contribution in [0.5, 0.6) is 0 Å². The molecule has 2 nitrogen and oxygen atoms in total. The maximum absolute atomic E-state index is 10.4. The lowest BCUT2D eigenvalue weighted by atomic mass is 9.59. The normalized spacial score (nSPS) is 41.1. The highest BCUT2D eigenvalue weighted by molar-refractivity contribution is 5.81. The molecule has 0 unspecified atom stereocenters. The van der Waals surface area contributed by atoms with E-state index in [1.54, 1.807) is 0 Å². The Morgan fingerprint density at radius 3 is 3.17 bits per heavy atom. The van der Waals surface area contributed by atoms with Crippen molar-refractivity contribution in [2.45, 2.75) is 19.8 Å². The summed E-state index contributed by atoms with van der Waals surface area (Å²) in [6.07, 6.45) is 7.76. The van der Waals surface area contributed by atoms with Crippen molar-refractivity contribution in [2.24, 2.45) is 11.3 Å². The van der Waals surface area contributed by atoms with Crippen molar-refractivity contribution in [1.82, 2.24) is 0 Å². The average molecular weight is 164 g/mol. The van der Waals surface area contributed by atoms with Crippen LogP contribution in [0.2, 0.25) is 0 Å². The summed E-state index contributed by atoms with van der Waals surface area (Å²) in [4.78, 5) is 10.4. The van der Waals surface area contributed by atoms with Crippen LogP contribution >= 0.6 is 0 Å². The van der Waals surface area contributed by atoms with Crippen LogP contribution in [0.3, 0.4) is 0 Å². The van der Waals surface area contributed by atoms with Crippen LogP contribution in [-0.4, -0.2) is 11.1 Å². The zero-order valence-electron chi connectivity index (χ0n) is 7.08. The third-order valence-electron chi connectivity index (χ3n) is 3.19. The molecule has 0 aromatic heterocycles. The molecule has 0 heterocycles. The van der Waals surface area contributed by atoms with Crippen LogP contribution in [0.15, 0.2) is 23.8 Å². The molecule has 0 bridgehead atoms. The molecule has 64 valence electrons. The monoisotopic (exact) mass is 164 g/mol. The molecule has 0 spiro atoms. The van der Waals surface area contributed by atoms with Gasteiger partial charge in [-0.2, -0.15) is 0 Å².